The molecule has 0 radical (unpaired) electrons. The van der Waals surface area contributed by atoms with E-state index < -0.39 is 5.63 Å². The molecule has 5 aromatic rings. The Morgan fingerprint density at radius 2 is 1.38 bits per heavy atom. The number of halogens is 2. The molecule has 7 heteroatoms. The molecule has 0 aliphatic carbocycles. The van der Waals surface area contributed by atoms with E-state index in [2.05, 4.69) is 4.98 Å². The molecule has 0 unspecified atom stereocenters. The summed E-state index contributed by atoms with van der Waals surface area (Å²) >= 11 is 0. The van der Waals surface area contributed by atoms with Crippen molar-refractivity contribution in [1.29, 1.82) is 0 Å². The smallest absolute Gasteiger partial charge is 0.360 e. The average molecular weight is 433 g/mol. The predicted molar refractivity (Wildman–Crippen MR) is 118 cm³/mol. The highest BCUT2D eigenvalue weighted by atomic mass is 19.1. The lowest BCUT2D eigenvalue weighted by molar-refractivity contribution is 0.355. The highest BCUT2D eigenvalue weighted by molar-refractivity contribution is 6.16. The van der Waals surface area contributed by atoms with Gasteiger partial charge in [0.05, 0.1) is 19.9 Å². The molecule has 0 atom stereocenters. The van der Waals surface area contributed by atoms with Gasteiger partial charge in [0, 0.05) is 22.4 Å². The molecule has 2 heterocycles. The maximum Gasteiger partial charge on any atom is 0.360 e. The fourth-order valence-corrected chi connectivity index (χ4v) is 3.95. The third-order valence-corrected chi connectivity index (χ3v) is 5.43. The van der Waals surface area contributed by atoms with E-state index >= 15 is 0 Å². The minimum Gasteiger partial charge on any atom is -0.493 e. The zero-order chi connectivity index (χ0) is 22.4. The van der Waals surface area contributed by atoms with Crippen LogP contribution in [0.15, 0.2) is 69.9 Å². The predicted octanol–water partition coefficient (Wildman–Crippen LogP) is 5.90. The Kier molecular flexibility index (Phi) is 4.66. The van der Waals surface area contributed by atoms with Gasteiger partial charge in [-0.1, -0.05) is 12.1 Å². The molecule has 2 aromatic heterocycles. The highest BCUT2D eigenvalue weighted by Crippen LogP contribution is 2.43. The molecule has 0 bridgehead atoms. The Balaban J connectivity index is 1.96. The van der Waals surface area contributed by atoms with Crippen LogP contribution in [0.4, 0.5) is 8.78 Å². The summed E-state index contributed by atoms with van der Waals surface area (Å²) in [4.78, 5) is 16.0. The molecular formula is C25H17F2NO4. The van der Waals surface area contributed by atoms with Gasteiger partial charge in [0.15, 0.2) is 11.5 Å². The SMILES string of the molecule is COc1cc2oc(=O)c3[nH]c(-c4ccc(F)cc4)c(-c4ccc(F)cc4)c3c2cc1OC. The molecule has 0 aliphatic heterocycles. The first-order valence-corrected chi connectivity index (χ1v) is 9.76. The third-order valence-electron chi connectivity index (χ3n) is 5.43. The van der Waals surface area contributed by atoms with Crippen LogP contribution in [0, 0.1) is 11.6 Å². The number of aromatic amines is 1. The number of H-pyrrole nitrogens is 1. The van der Waals surface area contributed by atoms with Crippen molar-refractivity contribution >= 4 is 21.9 Å². The molecule has 0 aliphatic rings. The molecular weight excluding hydrogens is 416 g/mol. The van der Waals surface area contributed by atoms with E-state index in [9.17, 15) is 13.6 Å². The highest BCUT2D eigenvalue weighted by Gasteiger charge is 2.22. The number of fused-ring (bicyclic) bond motifs is 3. The molecule has 0 saturated heterocycles. The van der Waals surface area contributed by atoms with E-state index in [4.69, 9.17) is 13.9 Å². The summed E-state index contributed by atoms with van der Waals surface area (Å²) in [6.45, 7) is 0. The van der Waals surface area contributed by atoms with Crippen LogP contribution < -0.4 is 15.1 Å². The minimum atomic E-state index is -0.573. The zero-order valence-corrected chi connectivity index (χ0v) is 17.2. The van der Waals surface area contributed by atoms with Gasteiger partial charge in [0.25, 0.3) is 0 Å². The summed E-state index contributed by atoms with van der Waals surface area (Å²) in [6, 6.07) is 15.2. The standard InChI is InChI=1S/C25H17F2NO4/c1-30-19-11-17-18(12-20(19)31-2)32-25(29)24-22(17)21(13-3-7-15(26)8-4-13)23(28-24)14-5-9-16(27)10-6-14/h3-12,28H,1-2H3. The molecule has 0 fully saturated rings. The second kappa shape index (κ2) is 7.53. The summed E-state index contributed by atoms with van der Waals surface area (Å²) in [5, 5.41) is 1.20. The van der Waals surface area contributed by atoms with E-state index in [0.29, 0.717) is 50.2 Å². The number of methoxy groups -OCH3 is 2. The Morgan fingerprint density at radius 3 is 1.97 bits per heavy atom. The van der Waals surface area contributed by atoms with Gasteiger partial charge in [-0.15, -0.1) is 0 Å². The second-order valence-electron chi connectivity index (χ2n) is 7.23. The first-order chi connectivity index (χ1) is 15.5. The molecule has 5 rings (SSSR count). The topological polar surface area (TPSA) is 64.5 Å². The van der Waals surface area contributed by atoms with Gasteiger partial charge < -0.3 is 18.9 Å². The van der Waals surface area contributed by atoms with Gasteiger partial charge in [-0.3, -0.25) is 0 Å². The number of benzene rings is 3. The van der Waals surface area contributed by atoms with Crippen LogP contribution in [-0.2, 0) is 0 Å². The van der Waals surface area contributed by atoms with E-state index in [1.54, 1.807) is 36.4 Å². The number of hydrogen-bond acceptors (Lipinski definition) is 4. The van der Waals surface area contributed by atoms with Crippen LogP contribution >= 0.6 is 0 Å². The van der Waals surface area contributed by atoms with Crippen LogP contribution in [0.2, 0.25) is 0 Å². The fraction of sp³-hybridized carbons (Fsp3) is 0.0800. The number of hydrogen-bond donors (Lipinski definition) is 1. The van der Waals surface area contributed by atoms with E-state index in [1.807, 2.05) is 0 Å². The zero-order valence-electron chi connectivity index (χ0n) is 17.2. The first kappa shape index (κ1) is 19.8. The van der Waals surface area contributed by atoms with Crippen molar-refractivity contribution < 1.29 is 22.7 Å². The van der Waals surface area contributed by atoms with Gasteiger partial charge >= 0.3 is 5.63 Å². The molecule has 3 aromatic carbocycles. The normalized spacial score (nSPS) is 11.2. The van der Waals surface area contributed by atoms with E-state index in [1.165, 1.54) is 38.5 Å². The van der Waals surface area contributed by atoms with Gasteiger partial charge in [-0.2, -0.15) is 0 Å². The Morgan fingerprint density at radius 1 is 0.812 bits per heavy atom. The monoisotopic (exact) mass is 433 g/mol. The molecule has 0 spiro atoms. The van der Waals surface area contributed by atoms with Crippen LogP contribution in [0.25, 0.3) is 44.3 Å². The van der Waals surface area contributed by atoms with Crippen molar-refractivity contribution in [2.75, 3.05) is 14.2 Å². The quantitative estimate of drug-likeness (QED) is 0.358. The lowest BCUT2D eigenvalue weighted by Gasteiger charge is -2.10. The van der Waals surface area contributed by atoms with Crippen molar-refractivity contribution in [3.05, 3.63) is 82.7 Å². The summed E-state index contributed by atoms with van der Waals surface area (Å²) < 4.78 is 43.6. The van der Waals surface area contributed by atoms with Crippen LogP contribution in [-0.4, -0.2) is 19.2 Å². The van der Waals surface area contributed by atoms with Crippen LogP contribution in [0.1, 0.15) is 0 Å². The first-order valence-electron chi connectivity index (χ1n) is 9.76. The Hall–Kier alpha value is -4.13. The van der Waals surface area contributed by atoms with Crippen LogP contribution in [0.3, 0.4) is 0 Å². The Bertz CT molecular complexity index is 1520. The van der Waals surface area contributed by atoms with Gasteiger partial charge in [-0.25, -0.2) is 13.6 Å². The fourth-order valence-electron chi connectivity index (χ4n) is 3.95. The summed E-state index contributed by atoms with van der Waals surface area (Å²) in [7, 11) is 3.01. The van der Waals surface area contributed by atoms with Gasteiger partial charge in [0.2, 0.25) is 0 Å². The van der Waals surface area contributed by atoms with E-state index in [0.717, 1.165) is 0 Å². The molecule has 5 nitrogen and oxygen atoms in total. The number of nitrogens with one attached hydrogen (secondary N) is 1. The number of ether oxygens (including phenoxy) is 2. The van der Waals surface area contributed by atoms with Crippen LogP contribution in [0.5, 0.6) is 11.5 Å². The van der Waals surface area contributed by atoms with E-state index in [-0.39, 0.29) is 17.2 Å². The largest absolute Gasteiger partial charge is 0.493 e. The lowest BCUT2D eigenvalue weighted by atomic mass is 9.96. The average Bonchev–Trinajstić information content (AvgIpc) is 3.21. The molecule has 0 amide bonds. The summed E-state index contributed by atoms with van der Waals surface area (Å²) in [6.07, 6.45) is 0. The Labute approximate surface area is 180 Å². The molecule has 32 heavy (non-hydrogen) atoms. The summed E-state index contributed by atoms with van der Waals surface area (Å²) in [5.74, 6) is 0.118. The number of rotatable bonds is 4. The maximum atomic E-state index is 13.7. The minimum absolute atomic E-state index is 0.239. The van der Waals surface area contributed by atoms with Crippen molar-refractivity contribution in [3.8, 4) is 33.9 Å². The third kappa shape index (κ3) is 3.10. The van der Waals surface area contributed by atoms with Crippen molar-refractivity contribution in [2.45, 2.75) is 0 Å². The van der Waals surface area contributed by atoms with Crippen molar-refractivity contribution in [2.24, 2.45) is 0 Å². The maximum absolute atomic E-state index is 13.7. The second-order valence-corrected chi connectivity index (χ2v) is 7.23. The van der Waals surface area contributed by atoms with Crippen molar-refractivity contribution in [3.63, 3.8) is 0 Å². The van der Waals surface area contributed by atoms with Crippen molar-refractivity contribution in [1.82, 2.24) is 4.98 Å². The summed E-state index contributed by atoms with van der Waals surface area (Å²) in [5.41, 5.74) is 2.57. The molecule has 160 valence electrons. The molecule has 0 saturated carbocycles. The molecule has 1 N–H and O–H groups in total. The lowest BCUT2D eigenvalue weighted by Crippen LogP contribution is -2.00. The van der Waals surface area contributed by atoms with Gasteiger partial charge in [0.1, 0.15) is 22.7 Å². The number of aromatic nitrogens is 1. The van der Waals surface area contributed by atoms with Gasteiger partial charge in [-0.05, 0) is 53.6 Å².